The fraction of sp³-hybridized carbons (Fsp3) is 0.400. The molecule has 0 amide bonds. The highest BCUT2D eigenvalue weighted by atomic mass is 16.5. The molecule has 0 bridgehead atoms. The SMILES string of the molecule is CCCCN(C)c1nncc(Nc2ccc(OC)cc2)n1. The van der Waals surface area contributed by atoms with Crippen molar-refractivity contribution in [3.05, 3.63) is 30.5 Å². The van der Waals surface area contributed by atoms with E-state index in [-0.39, 0.29) is 0 Å². The van der Waals surface area contributed by atoms with Gasteiger partial charge in [0.15, 0.2) is 5.82 Å². The summed E-state index contributed by atoms with van der Waals surface area (Å²) in [5.41, 5.74) is 0.929. The number of ether oxygens (including phenoxy) is 1. The number of anilines is 3. The predicted octanol–water partition coefficient (Wildman–Crippen LogP) is 2.86. The van der Waals surface area contributed by atoms with E-state index in [1.165, 1.54) is 0 Å². The second-order valence-electron chi connectivity index (χ2n) is 4.77. The Morgan fingerprint density at radius 1 is 1.24 bits per heavy atom. The highest BCUT2D eigenvalue weighted by Crippen LogP contribution is 2.19. The van der Waals surface area contributed by atoms with E-state index in [0.717, 1.165) is 30.8 Å². The van der Waals surface area contributed by atoms with Gasteiger partial charge in [-0.25, -0.2) is 0 Å². The molecule has 1 N–H and O–H groups in total. The first-order chi connectivity index (χ1) is 10.2. The first kappa shape index (κ1) is 15.0. The van der Waals surface area contributed by atoms with Gasteiger partial charge in [0.2, 0.25) is 5.95 Å². The van der Waals surface area contributed by atoms with E-state index in [4.69, 9.17) is 4.74 Å². The molecule has 2 rings (SSSR count). The molecule has 0 unspecified atom stereocenters. The van der Waals surface area contributed by atoms with Crippen LogP contribution in [-0.4, -0.2) is 35.9 Å². The number of rotatable bonds is 7. The lowest BCUT2D eigenvalue weighted by Crippen LogP contribution is -2.21. The first-order valence-electron chi connectivity index (χ1n) is 7.05. The Bertz CT molecular complexity index is 558. The molecule has 1 aromatic heterocycles. The minimum absolute atomic E-state index is 0.627. The van der Waals surface area contributed by atoms with Gasteiger partial charge in [-0.05, 0) is 30.7 Å². The molecule has 6 heteroatoms. The highest BCUT2D eigenvalue weighted by Gasteiger charge is 2.06. The summed E-state index contributed by atoms with van der Waals surface area (Å²) in [7, 11) is 3.62. The quantitative estimate of drug-likeness (QED) is 0.845. The molecule has 1 heterocycles. The average Bonchev–Trinajstić information content (AvgIpc) is 2.53. The van der Waals surface area contributed by atoms with Gasteiger partial charge < -0.3 is 15.0 Å². The van der Waals surface area contributed by atoms with E-state index in [1.807, 2.05) is 36.2 Å². The third-order valence-corrected chi connectivity index (χ3v) is 3.10. The maximum absolute atomic E-state index is 5.14. The minimum Gasteiger partial charge on any atom is -0.497 e. The first-order valence-corrected chi connectivity index (χ1v) is 7.05. The maximum atomic E-state index is 5.14. The van der Waals surface area contributed by atoms with E-state index in [0.29, 0.717) is 11.8 Å². The van der Waals surface area contributed by atoms with Crippen molar-refractivity contribution in [1.82, 2.24) is 15.2 Å². The van der Waals surface area contributed by atoms with Crippen molar-refractivity contribution in [1.29, 1.82) is 0 Å². The molecular weight excluding hydrogens is 266 g/mol. The molecule has 0 aliphatic carbocycles. The van der Waals surface area contributed by atoms with Crippen LogP contribution in [0.3, 0.4) is 0 Å². The lowest BCUT2D eigenvalue weighted by Gasteiger charge is -2.16. The van der Waals surface area contributed by atoms with Crippen LogP contribution < -0.4 is 15.0 Å². The molecule has 21 heavy (non-hydrogen) atoms. The lowest BCUT2D eigenvalue weighted by molar-refractivity contribution is 0.415. The van der Waals surface area contributed by atoms with Crippen molar-refractivity contribution >= 4 is 17.5 Å². The second kappa shape index (κ2) is 7.42. The molecule has 0 saturated heterocycles. The Balaban J connectivity index is 2.06. The van der Waals surface area contributed by atoms with Crippen molar-refractivity contribution < 1.29 is 4.74 Å². The van der Waals surface area contributed by atoms with E-state index in [9.17, 15) is 0 Å². The van der Waals surface area contributed by atoms with Crippen molar-refractivity contribution in [2.75, 3.05) is 30.9 Å². The van der Waals surface area contributed by atoms with E-state index >= 15 is 0 Å². The monoisotopic (exact) mass is 287 g/mol. The zero-order chi connectivity index (χ0) is 15.1. The number of nitrogens with zero attached hydrogens (tertiary/aromatic N) is 4. The van der Waals surface area contributed by atoms with Crippen LogP contribution in [0.15, 0.2) is 30.5 Å². The molecule has 0 spiro atoms. The van der Waals surface area contributed by atoms with E-state index in [2.05, 4.69) is 27.4 Å². The summed E-state index contributed by atoms with van der Waals surface area (Å²) in [6, 6.07) is 7.65. The van der Waals surface area contributed by atoms with Crippen molar-refractivity contribution in [3.8, 4) is 5.75 Å². The van der Waals surface area contributed by atoms with E-state index in [1.54, 1.807) is 13.3 Å². The van der Waals surface area contributed by atoms with Gasteiger partial charge in [-0.2, -0.15) is 10.1 Å². The fourth-order valence-corrected chi connectivity index (χ4v) is 1.83. The van der Waals surface area contributed by atoms with Crippen molar-refractivity contribution in [2.45, 2.75) is 19.8 Å². The standard InChI is InChI=1S/C15H21N5O/c1-4-5-10-20(2)15-18-14(11-16-19-15)17-12-6-8-13(21-3)9-7-12/h6-9,11H,4-5,10H2,1-3H3,(H,17,18,19). The number of unbranched alkanes of at least 4 members (excludes halogenated alkanes) is 1. The number of methoxy groups -OCH3 is 1. The molecule has 0 aliphatic rings. The number of hydrogen-bond acceptors (Lipinski definition) is 6. The summed E-state index contributed by atoms with van der Waals surface area (Å²) < 4.78 is 5.14. The smallest absolute Gasteiger partial charge is 0.247 e. The Morgan fingerprint density at radius 2 is 2.00 bits per heavy atom. The second-order valence-corrected chi connectivity index (χ2v) is 4.77. The van der Waals surface area contributed by atoms with Gasteiger partial charge in [0, 0.05) is 19.3 Å². The normalized spacial score (nSPS) is 10.2. The van der Waals surface area contributed by atoms with Crippen LogP contribution in [0.25, 0.3) is 0 Å². The largest absolute Gasteiger partial charge is 0.497 e. The van der Waals surface area contributed by atoms with Crippen molar-refractivity contribution in [2.24, 2.45) is 0 Å². The van der Waals surface area contributed by atoms with Gasteiger partial charge in [0.05, 0.1) is 13.3 Å². The Morgan fingerprint density at radius 3 is 2.67 bits per heavy atom. The zero-order valence-electron chi connectivity index (χ0n) is 12.7. The molecule has 2 aromatic rings. The van der Waals surface area contributed by atoms with Gasteiger partial charge in [-0.3, -0.25) is 0 Å². The Kier molecular flexibility index (Phi) is 5.31. The third-order valence-electron chi connectivity index (χ3n) is 3.10. The topological polar surface area (TPSA) is 63.2 Å². The van der Waals surface area contributed by atoms with Crippen LogP contribution >= 0.6 is 0 Å². The molecule has 0 atom stereocenters. The molecule has 0 aliphatic heterocycles. The number of hydrogen-bond donors (Lipinski definition) is 1. The van der Waals surface area contributed by atoms with Crippen LogP contribution in [0.2, 0.25) is 0 Å². The fourth-order valence-electron chi connectivity index (χ4n) is 1.83. The summed E-state index contributed by atoms with van der Waals surface area (Å²) in [6.45, 7) is 3.08. The molecule has 1 aromatic carbocycles. The number of aromatic nitrogens is 3. The number of nitrogens with one attached hydrogen (secondary N) is 1. The van der Waals surface area contributed by atoms with E-state index < -0.39 is 0 Å². The van der Waals surface area contributed by atoms with Gasteiger partial charge in [0.1, 0.15) is 5.75 Å². The molecule has 0 fully saturated rings. The Labute approximate surface area is 125 Å². The van der Waals surface area contributed by atoms with Crippen LogP contribution in [0.5, 0.6) is 5.75 Å². The van der Waals surface area contributed by atoms with Crippen molar-refractivity contribution in [3.63, 3.8) is 0 Å². The van der Waals surface area contributed by atoms with Gasteiger partial charge in [-0.1, -0.05) is 13.3 Å². The third kappa shape index (κ3) is 4.30. The lowest BCUT2D eigenvalue weighted by atomic mass is 10.3. The maximum Gasteiger partial charge on any atom is 0.247 e. The summed E-state index contributed by atoms with van der Waals surface area (Å²) in [5, 5.41) is 11.3. The number of benzene rings is 1. The molecular formula is C15H21N5O. The Hall–Kier alpha value is -2.37. The van der Waals surface area contributed by atoms with Crippen LogP contribution in [-0.2, 0) is 0 Å². The average molecular weight is 287 g/mol. The highest BCUT2D eigenvalue weighted by molar-refractivity contribution is 5.57. The summed E-state index contributed by atoms with van der Waals surface area (Å²) in [4.78, 5) is 6.48. The summed E-state index contributed by atoms with van der Waals surface area (Å²) in [5.74, 6) is 2.12. The van der Waals surface area contributed by atoms with Crippen LogP contribution in [0.1, 0.15) is 19.8 Å². The minimum atomic E-state index is 0.627. The van der Waals surface area contributed by atoms with Crippen LogP contribution in [0.4, 0.5) is 17.5 Å². The molecule has 6 nitrogen and oxygen atoms in total. The predicted molar refractivity (Wildman–Crippen MR) is 84.3 cm³/mol. The van der Waals surface area contributed by atoms with Gasteiger partial charge >= 0.3 is 0 Å². The molecule has 0 radical (unpaired) electrons. The molecule has 0 saturated carbocycles. The molecule has 112 valence electrons. The summed E-state index contributed by atoms with van der Waals surface area (Å²) in [6.07, 6.45) is 3.86. The summed E-state index contributed by atoms with van der Waals surface area (Å²) >= 11 is 0. The van der Waals surface area contributed by atoms with Gasteiger partial charge in [0.25, 0.3) is 0 Å². The van der Waals surface area contributed by atoms with Crippen LogP contribution in [0, 0.1) is 0 Å². The zero-order valence-corrected chi connectivity index (χ0v) is 12.7. The van der Waals surface area contributed by atoms with Gasteiger partial charge in [-0.15, -0.1) is 5.10 Å².